The van der Waals surface area contributed by atoms with Crippen molar-refractivity contribution in [2.24, 2.45) is 0 Å². The predicted molar refractivity (Wildman–Crippen MR) is 97.9 cm³/mol. The monoisotopic (exact) mass is 335 g/mol. The van der Waals surface area contributed by atoms with Crippen LogP contribution >= 0.6 is 0 Å². The van der Waals surface area contributed by atoms with Gasteiger partial charge in [-0.3, -0.25) is 9.36 Å². The average Bonchev–Trinajstić information content (AvgIpc) is 3.20. The van der Waals surface area contributed by atoms with E-state index in [4.69, 9.17) is 0 Å². The second-order valence-electron chi connectivity index (χ2n) is 5.75. The van der Waals surface area contributed by atoms with Crippen molar-refractivity contribution >= 4 is 11.6 Å². The number of hydrogen-bond acceptors (Lipinski definition) is 4. The van der Waals surface area contributed by atoms with Crippen molar-refractivity contribution in [2.45, 2.75) is 6.42 Å². The Bertz CT molecular complexity index is 784. The molecule has 0 bridgehead atoms. The molecule has 2 aromatic heterocycles. The first-order chi connectivity index (χ1) is 12.2. The van der Waals surface area contributed by atoms with Crippen LogP contribution in [-0.4, -0.2) is 45.5 Å². The van der Waals surface area contributed by atoms with Crippen molar-refractivity contribution in [1.29, 1.82) is 0 Å². The molecular weight excluding hydrogens is 314 g/mol. The van der Waals surface area contributed by atoms with Crippen LogP contribution in [0.15, 0.2) is 67.4 Å². The van der Waals surface area contributed by atoms with Gasteiger partial charge in [-0.05, 0) is 30.7 Å². The highest BCUT2D eigenvalue weighted by molar-refractivity contribution is 5.93. The average molecular weight is 335 g/mol. The summed E-state index contributed by atoms with van der Waals surface area (Å²) in [5, 5.41) is 3.34. The van der Waals surface area contributed by atoms with Crippen molar-refractivity contribution in [3.63, 3.8) is 0 Å². The minimum Gasteiger partial charge on any atom is -0.385 e. The molecule has 0 aliphatic heterocycles. The lowest BCUT2D eigenvalue weighted by Gasteiger charge is -2.17. The molecular formula is C19H21N5O. The van der Waals surface area contributed by atoms with E-state index in [-0.39, 0.29) is 5.91 Å². The summed E-state index contributed by atoms with van der Waals surface area (Å²) >= 11 is 0. The lowest BCUT2D eigenvalue weighted by molar-refractivity contribution is 0.0794. The van der Waals surface area contributed by atoms with Gasteiger partial charge < -0.3 is 10.2 Å². The summed E-state index contributed by atoms with van der Waals surface area (Å²) < 4.78 is 1.80. The van der Waals surface area contributed by atoms with Crippen LogP contribution in [0.25, 0.3) is 5.82 Å². The molecule has 0 atom stereocenters. The first kappa shape index (κ1) is 16.7. The SMILES string of the molecule is CN(CCCNc1ccccc1)C(=O)c1ccc(-n2ccnc2)nc1. The Balaban J connectivity index is 1.48. The number of aromatic nitrogens is 3. The molecule has 0 aliphatic carbocycles. The lowest BCUT2D eigenvalue weighted by Crippen LogP contribution is -2.29. The van der Waals surface area contributed by atoms with E-state index in [1.165, 1.54) is 0 Å². The fourth-order valence-corrected chi connectivity index (χ4v) is 2.49. The van der Waals surface area contributed by atoms with Gasteiger partial charge in [-0.15, -0.1) is 0 Å². The van der Waals surface area contributed by atoms with Crippen molar-refractivity contribution < 1.29 is 4.79 Å². The maximum Gasteiger partial charge on any atom is 0.255 e. The van der Waals surface area contributed by atoms with Crippen LogP contribution in [0.3, 0.4) is 0 Å². The Morgan fingerprint density at radius 3 is 2.72 bits per heavy atom. The van der Waals surface area contributed by atoms with E-state index in [9.17, 15) is 4.79 Å². The molecule has 3 rings (SSSR count). The molecule has 25 heavy (non-hydrogen) atoms. The third-order valence-electron chi connectivity index (χ3n) is 3.88. The lowest BCUT2D eigenvalue weighted by atomic mass is 10.2. The number of carbonyl (C=O) groups is 1. The quantitative estimate of drug-likeness (QED) is 0.675. The van der Waals surface area contributed by atoms with Gasteiger partial charge in [0.25, 0.3) is 5.91 Å². The van der Waals surface area contributed by atoms with Gasteiger partial charge in [0.15, 0.2) is 0 Å². The third kappa shape index (κ3) is 4.44. The Hall–Kier alpha value is -3.15. The molecule has 1 amide bonds. The second-order valence-corrected chi connectivity index (χ2v) is 5.75. The van der Waals surface area contributed by atoms with E-state index >= 15 is 0 Å². The maximum absolute atomic E-state index is 12.5. The summed E-state index contributed by atoms with van der Waals surface area (Å²) in [5.74, 6) is 0.716. The van der Waals surface area contributed by atoms with Gasteiger partial charge in [0, 0.05) is 44.4 Å². The zero-order valence-electron chi connectivity index (χ0n) is 14.2. The molecule has 1 aromatic carbocycles. The molecule has 6 heteroatoms. The number of rotatable bonds is 7. The predicted octanol–water partition coefficient (Wildman–Crippen LogP) is 2.84. The number of amides is 1. The Morgan fingerprint density at radius 1 is 1.20 bits per heavy atom. The number of pyridine rings is 1. The molecule has 128 valence electrons. The summed E-state index contributed by atoms with van der Waals surface area (Å²) in [5.41, 5.74) is 1.68. The fraction of sp³-hybridized carbons (Fsp3) is 0.211. The van der Waals surface area contributed by atoms with Crippen LogP contribution in [-0.2, 0) is 0 Å². The summed E-state index contributed by atoms with van der Waals surface area (Å²) in [6.07, 6.45) is 7.66. The van der Waals surface area contributed by atoms with E-state index in [1.54, 1.807) is 34.3 Å². The van der Waals surface area contributed by atoms with Crippen LogP contribution < -0.4 is 5.32 Å². The van der Waals surface area contributed by atoms with Crippen LogP contribution in [0.1, 0.15) is 16.8 Å². The minimum atomic E-state index is -0.0237. The Labute approximate surface area is 147 Å². The largest absolute Gasteiger partial charge is 0.385 e. The number of anilines is 1. The Kier molecular flexibility index (Phi) is 5.41. The van der Waals surface area contributed by atoms with Gasteiger partial charge in [0.05, 0.1) is 5.56 Å². The van der Waals surface area contributed by atoms with Gasteiger partial charge in [-0.2, -0.15) is 0 Å². The number of nitrogens with zero attached hydrogens (tertiary/aromatic N) is 4. The fourth-order valence-electron chi connectivity index (χ4n) is 2.49. The molecule has 0 unspecified atom stereocenters. The van der Waals surface area contributed by atoms with Gasteiger partial charge in [-0.1, -0.05) is 18.2 Å². The zero-order chi connectivity index (χ0) is 17.5. The number of para-hydroxylation sites is 1. The molecule has 0 fully saturated rings. The molecule has 0 radical (unpaired) electrons. The first-order valence-corrected chi connectivity index (χ1v) is 8.23. The highest BCUT2D eigenvalue weighted by Gasteiger charge is 2.12. The van der Waals surface area contributed by atoms with Crippen LogP contribution in [0.4, 0.5) is 5.69 Å². The van der Waals surface area contributed by atoms with Gasteiger partial charge in [-0.25, -0.2) is 9.97 Å². The molecule has 0 saturated heterocycles. The van der Waals surface area contributed by atoms with E-state index < -0.39 is 0 Å². The van der Waals surface area contributed by atoms with E-state index in [0.717, 1.165) is 24.5 Å². The number of imidazole rings is 1. The molecule has 0 saturated carbocycles. The van der Waals surface area contributed by atoms with Gasteiger partial charge in [0.1, 0.15) is 12.1 Å². The highest BCUT2D eigenvalue weighted by Crippen LogP contribution is 2.08. The third-order valence-corrected chi connectivity index (χ3v) is 3.88. The van der Waals surface area contributed by atoms with E-state index in [2.05, 4.69) is 15.3 Å². The first-order valence-electron chi connectivity index (χ1n) is 8.23. The second kappa shape index (κ2) is 8.10. The standard InChI is InChI=1S/C19H21N5O/c1-23(12-5-10-21-17-6-3-2-4-7-17)19(25)16-8-9-18(22-14-16)24-13-11-20-15-24/h2-4,6-9,11,13-15,21H,5,10,12H2,1H3. The number of carbonyl (C=O) groups excluding carboxylic acids is 1. The van der Waals surface area contributed by atoms with Crippen molar-refractivity contribution in [3.8, 4) is 5.82 Å². The van der Waals surface area contributed by atoms with Gasteiger partial charge >= 0.3 is 0 Å². The summed E-state index contributed by atoms with van der Waals surface area (Å²) in [6, 6.07) is 13.7. The summed E-state index contributed by atoms with van der Waals surface area (Å²) in [6.45, 7) is 1.50. The molecule has 6 nitrogen and oxygen atoms in total. The van der Waals surface area contributed by atoms with Crippen molar-refractivity contribution in [1.82, 2.24) is 19.4 Å². The van der Waals surface area contributed by atoms with Crippen LogP contribution in [0.5, 0.6) is 0 Å². The molecule has 0 aliphatic rings. The summed E-state index contributed by atoms with van der Waals surface area (Å²) in [4.78, 5) is 22.5. The smallest absolute Gasteiger partial charge is 0.255 e. The minimum absolute atomic E-state index is 0.0237. The Morgan fingerprint density at radius 2 is 2.04 bits per heavy atom. The topological polar surface area (TPSA) is 63.1 Å². The van der Waals surface area contributed by atoms with Crippen molar-refractivity contribution in [2.75, 3.05) is 25.5 Å². The molecule has 0 spiro atoms. The maximum atomic E-state index is 12.5. The van der Waals surface area contributed by atoms with E-state index in [0.29, 0.717) is 12.1 Å². The van der Waals surface area contributed by atoms with Crippen molar-refractivity contribution in [3.05, 3.63) is 72.9 Å². The van der Waals surface area contributed by atoms with E-state index in [1.807, 2.05) is 49.6 Å². The molecule has 3 aromatic rings. The highest BCUT2D eigenvalue weighted by atomic mass is 16.2. The molecule has 2 heterocycles. The number of benzene rings is 1. The van der Waals surface area contributed by atoms with Crippen LogP contribution in [0.2, 0.25) is 0 Å². The van der Waals surface area contributed by atoms with Gasteiger partial charge in [0.2, 0.25) is 0 Å². The number of nitrogens with one attached hydrogen (secondary N) is 1. The molecule has 1 N–H and O–H groups in total. The summed E-state index contributed by atoms with van der Waals surface area (Å²) in [7, 11) is 1.81. The number of hydrogen-bond donors (Lipinski definition) is 1. The normalized spacial score (nSPS) is 10.4. The van der Waals surface area contributed by atoms with Crippen LogP contribution in [0, 0.1) is 0 Å². The zero-order valence-corrected chi connectivity index (χ0v) is 14.2.